The Hall–Kier alpha value is -3.95. The van der Waals surface area contributed by atoms with E-state index in [0.29, 0.717) is 21.4 Å². The Morgan fingerprint density at radius 3 is 2.61 bits per heavy atom. The van der Waals surface area contributed by atoms with Crippen LogP contribution in [-0.2, 0) is 13.6 Å². The smallest absolute Gasteiger partial charge is 0.324 e. The summed E-state index contributed by atoms with van der Waals surface area (Å²) in [5.74, 6) is 0.0476. The third-order valence-electron chi connectivity index (χ3n) is 5.78. The van der Waals surface area contributed by atoms with Crippen LogP contribution in [0.4, 0.5) is 11.6 Å². The molecule has 2 aromatic carbocycles. The number of halogens is 2. The molecule has 0 saturated heterocycles. The lowest BCUT2D eigenvalue weighted by Crippen LogP contribution is -2.42. The first kappa shape index (κ1) is 23.8. The second-order valence-electron chi connectivity index (χ2n) is 8.53. The van der Waals surface area contributed by atoms with Crippen LogP contribution >= 0.6 is 23.2 Å². The van der Waals surface area contributed by atoms with Gasteiger partial charge in [0.1, 0.15) is 0 Å². The number of nitrogens with zero attached hydrogens (tertiary/aromatic N) is 6. The Morgan fingerprint density at radius 2 is 1.83 bits per heavy atom. The van der Waals surface area contributed by atoms with Gasteiger partial charge in [-0.05, 0) is 60.9 Å². The van der Waals surface area contributed by atoms with Crippen molar-refractivity contribution in [1.82, 2.24) is 28.9 Å². The van der Waals surface area contributed by atoms with E-state index in [-0.39, 0.29) is 12.5 Å². The van der Waals surface area contributed by atoms with Gasteiger partial charge in [-0.1, -0.05) is 29.3 Å². The minimum absolute atomic E-state index is 0.0476. The van der Waals surface area contributed by atoms with Gasteiger partial charge in [-0.25, -0.2) is 14.2 Å². The lowest BCUT2D eigenvalue weighted by atomic mass is 10.1. The van der Waals surface area contributed by atoms with Crippen LogP contribution in [0.5, 0.6) is 0 Å². The van der Waals surface area contributed by atoms with Crippen LogP contribution < -0.4 is 16.7 Å². The Balaban J connectivity index is 1.70. The van der Waals surface area contributed by atoms with Gasteiger partial charge in [0.25, 0.3) is 0 Å². The summed E-state index contributed by atoms with van der Waals surface area (Å²) in [5, 5.41) is 9.18. The lowest BCUT2D eigenvalue weighted by molar-refractivity contribution is 0.655. The van der Waals surface area contributed by atoms with Crippen molar-refractivity contribution in [3.05, 3.63) is 103 Å². The molecule has 0 atom stereocenters. The second-order valence-corrected chi connectivity index (χ2v) is 9.38. The first-order valence-electron chi connectivity index (χ1n) is 11.0. The van der Waals surface area contributed by atoms with E-state index < -0.39 is 11.4 Å². The minimum atomic E-state index is -0.743. The molecule has 182 valence electrons. The third kappa shape index (κ3) is 4.50. The number of pyridine rings is 1. The fourth-order valence-corrected chi connectivity index (χ4v) is 4.38. The molecule has 0 saturated carbocycles. The zero-order valence-electron chi connectivity index (χ0n) is 19.7. The topological polar surface area (TPSA) is 99.6 Å². The van der Waals surface area contributed by atoms with Crippen LogP contribution in [-0.4, -0.2) is 28.9 Å². The molecule has 3 aromatic heterocycles. The van der Waals surface area contributed by atoms with Crippen molar-refractivity contribution in [2.24, 2.45) is 7.05 Å². The highest BCUT2D eigenvalue weighted by Crippen LogP contribution is 2.29. The van der Waals surface area contributed by atoms with Crippen LogP contribution in [0.2, 0.25) is 10.0 Å². The highest BCUT2D eigenvalue weighted by atomic mass is 35.5. The van der Waals surface area contributed by atoms with E-state index in [2.05, 4.69) is 20.4 Å². The fraction of sp³-hybridized carbons (Fsp3) is 0.160. The Bertz CT molecular complexity index is 1750. The van der Waals surface area contributed by atoms with E-state index in [4.69, 9.17) is 23.2 Å². The van der Waals surface area contributed by atoms with Gasteiger partial charge < -0.3 is 5.32 Å². The largest absolute Gasteiger partial charge is 0.359 e. The Morgan fingerprint density at radius 1 is 1.03 bits per heavy atom. The third-order valence-corrected chi connectivity index (χ3v) is 6.33. The number of aromatic nitrogens is 6. The van der Waals surface area contributed by atoms with Gasteiger partial charge in [-0.3, -0.25) is 14.2 Å². The van der Waals surface area contributed by atoms with Crippen LogP contribution in [0.25, 0.3) is 16.6 Å². The molecule has 0 fully saturated rings. The summed E-state index contributed by atoms with van der Waals surface area (Å²) in [6, 6.07) is 10.6. The summed E-state index contributed by atoms with van der Waals surface area (Å²) < 4.78 is 4.06. The van der Waals surface area contributed by atoms with E-state index in [1.54, 1.807) is 41.2 Å². The molecule has 3 heterocycles. The van der Waals surface area contributed by atoms with E-state index in [0.717, 1.165) is 32.2 Å². The minimum Gasteiger partial charge on any atom is -0.324 e. The van der Waals surface area contributed by atoms with Crippen molar-refractivity contribution < 1.29 is 0 Å². The predicted molar refractivity (Wildman–Crippen MR) is 141 cm³/mol. The molecule has 1 N–H and O–H groups in total. The van der Waals surface area contributed by atoms with Gasteiger partial charge in [0.05, 0.1) is 34.7 Å². The number of aryl methyl sites for hydroxylation is 3. The maximum absolute atomic E-state index is 13.8. The normalized spacial score (nSPS) is 11.2. The molecular weight excluding hydrogens is 501 g/mol. The van der Waals surface area contributed by atoms with E-state index in [1.807, 2.05) is 33.2 Å². The van der Waals surface area contributed by atoms with Gasteiger partial charge in [-0.15, -0.1) is 0 Å². The fourth-order valence-electron chi connectivity index (χ4n) is 3.98. The Labute approximate surface area is 215 Å². The first-order chi connectivity index (χ1) is 17.2. The maximum Gasteiger partial charge on any atom is 0.359 e. The van der Waals surface area contributed by atoms with Crippen molar-refractivity contribution in [3.63, 3.8) is 0 Å². The number of benzene rings is 2. The summed E-state index contributed by atoms with van der Waals surface area (Å²) in [7, 11) is 1.81. The first-order valence-corrected chi connectivity index (χ1v) is 11.8. The Kier molecular flexibility index (Phi) is 6.11. The number of fused-ring (bicyclic) bond motifs is 1. The number of hydrogen-bond acceptors (Lipinski definition) is 6. The summed E-state index contributed by atoms with van der Waals surface area (Å²) in [6.07, 6.45) is 4.94. The van der Waals surface area contributed by atoms with Gasteiger partial charge in [-0.2, -0.15) is 10.1 Å². The summed E-state index contributed by atoms with van der Waals surface area (Å²) in [5.41, 5.74) is 2.74. The molecule has 0 radical (unpaired) electrons. The van der Waals surface area contributed by atoms with Gasteiger partial charge >= 0.3 is 11.4 Å². The van der Waals surface area contributed by atoms with E-state index >= 15 is 0 Å². The molecular formula is C25H21Cl2N7O2. The second kappa shape index (κ2) is 9.25. The number of rotatable bonds is 5. The summed E-state index contributed by atoms with van der Waals surface area (Å²) >= 11 is 12.7. The van der Waals surface area contributed by atoms with Crippen molar-refractivity contribution >= 4 is 45.7 Å². The molecule has 0 unspecified atom stereocenters. The quantitative estimate of drug-likeness (QED) is 0.368. The van der Waals surface area contributed by atoms with Gasteiger partial charge in [0.2, 0.25) is 5.95 Å². The van der Waals surface area contributed by atoms with Crippen LogP contribution in [0.15, 0.2) is 64.6 Å². The molecule has 0 aliphatic heterocycles. The highest BCUT2D eigenvalue weighted by Gasteiger charge is 2.18. The molecule has 5 aromatic rings. The molecule has 9 nitrogen and oxygen atoms in total. The van der Waals surface area contributed by atoms with Crippen molar-refractivity contribution in [2.75, 3.05) is 5.32 Å². The lowest BCUT2D eigenvalue weighted by Gasteiger charge is -2.17. The zero-order valence-corrected chi connectivity index (χ0v) is 21.2. The number of anilines is 2. The number of nitrogens with one attached hydrogen (secondary N) is 1. The van der Waals surface area contributed by atoms with Crippen molar-refractivity contribution in [2.45, 2.75) is 20.4 Å². The molecule has 0 aliphatic carbocycles. The molecule has 36 heavy (non-hydrogen) atoms. The molecule has 11 heteroatoms. The SMILES string of the molecule is Cc1cncc(-n2c(=O)nc(Nc3cc4cn(C)nc4cc3Cl)n(Cc3cc(Cl)ccc3C)c2=O)c1. The summed E-state index contributed by atoms with van der Waals surface area (Å²) in [4.78, 5) is 35.2. The standard InChI is InChI=1S/C25H21Cl2N7O2/c1-14-6-19(11-28-10-14)34-24(35)30-23(29-22-8-17-12-32(3)31-21(17)9-20(22)27)33(25(34)36)13-16-7-18(26)5-4-15(16)2/h4-12H,13H2,1-3H3,(H,29,30,35). The molecule has 5 rings (SSSR count). The van der Waals surface area contributed by atoms with Gasteiger partial charge in [0.15, 0.2) is 0 Å². The zero-order chi connectivity index (χ0) is 25.6. The molecule has 0 bridgehead atoms. The average molecular weight is 522 g/mol. The van der Waals surface area contributed by atoms with E-state index in [1.165, 1.54) is 10.8 Å². The van der Waals surface area contributed by atoms with Crippen LogP contribution in [0.1, 0.15) is 16.7 Å². The van der Waals surface area contributed by atoms with Crippen LogP contribution in [0, 0.1) is 13.8 Å². The average Bonchev–Trinajstić information content (AvgIpc) is 3.17. The van der Waals surface area contributed by atoms with Crippen molar-refractivity contribution in [1.29, 1.82) is 0 Å². The van der Waals surface area contributed by atoms with Crippen molar-refractivity contribution in [3.8, 4) is 5.69 Å². The van der Waals surface area contributed by atoms with Gasteiger partial charge in [0, 0.05) is 29.9 Å². The predicted octanol–water partition coefficient (Wildman–Crippen LogP) is 4.39. The molecule has 0 spiro atoms. The monoisotopic (exact) mass is 521 g/mol. The molecule has 0 aliphatic rings. The van der Waals surface area contributed by atoms with Crippen LogP contribution in [0.3, 0.4) is 0 Å². The summed E-state index contributed by atoms with van der Waals surface area (Å²) in [6.45, 7) is 3.87. The highest BCUT2D eigenvalue weighted by molar-refractivity contribution is 6.34. The number of hydrogen-bond donors (Lipinski definition) is 1. The van der Waals surface area contributed by atoms with E-state index in [9.17, 15) is 9.59 Å². The molecule has 0 amide bonds. The maximum atomic E-state index is 13.8.